The van der Waals surface area contributed by atoms with Gasteiger partial charge in [0.05, 0.1) is 18.3 Å². The first-order valence-corrected chi connectivity index (χ1v) is 7.17. The van der Waals surface area contributed by atoms with E-state index in [1.165, 1.54) is 18.8 Å². The van der Waals surface area contributed by atoms with Gasteiger partial charge in [0, 0.05) is 13.6 Å². The van der Waals surface area contributed by atoms with E-state index in [9.17, 15) is 9.59 Å². The van der Waals surface area contributed by atoms with E-state index in [1.807, 2.05) is 6.07 Å². The largest absolute Gasteiger partial charge is 0.495 e. The van der Waals surface area contributed by atoms with Gasteiger partial charge in [-0.2, -0.15) is 5.10 Å². The summed E-state index contributed by atoms with van der Waals surface area (Å²) in [4.78, 5) is 23.2. The summed E-state index contributed by atoms with van der Waals surface area (Å²) in [5.41, 5.74) is 0.833. The van der Waals surface area contributed by atoms with E-state index in [0.717, 1.165) is 11.8 Å². The van der Waals surface area contributed by atoms with E-state index in [-0.39, 0.29) is 11.3 Å². The van der Waals surface area contributed by atoms with Crippen molar-refractivity contribution in [3.63, 3.8) is 0 Å². The van der Waals surface area contributed by atoms with Crippen LogP contribution in [-0.2, 0) is 13.5 Å². The lowest BCUT2D eigenvalue weighted by atomic mass is 10.1. The average Bonchev–Trinajstić information content (AvgIpc) is 2.90. The van der Waals surface area contributed by atoms with Gasteiger partial charge in [-0.25, -0.2) is 4.79 Å². The molecule has 0 aliphatic heterocycles. The van der Waals surface area contributed by atoms with Crippen LogP contribution >= 0.6 is 11.6 Å². The highest BCUT2D eigenvalue weighted by Crippen LogP contribution is 2.25. The van der Waals surface area contributed by atoms with Crippen molar-refractivity contribution in [3.8, 4) is 5.75 Å². The van der Waals surface area contributed by atoms with Crippen molar-refractivity contribution < 1.29 is 19.4 Å². The lowest BCUT2D eigenvalue weighted by molar-refractivity contribution is 0.0690. The number of carbonyl (C=O) groups excluding carboxylic acids is 1. The number of nitrogens with one attached hydrogen (secondary N) is 1. The maximum Gasteiger partial charge on any atom is 0.339 e. The van der Waals surface area contributed by atoms with Gasteiger partial charge in [0.2, 0.25) is 0 Å². The molecule has 122 valence electrons. The van der Waals surface area contributed by atoms with E-state index in [4.69, 9.17) is 21.4 Å². The Labute approximate surface area is 137 Å². The van der Waals surface area contributed by atoms with Crippen LogP contribution in [0.3, 0.4) is 0 Å². The van der Waals surface area contributed by atoms with Crippen LogP contribution in [-0.4, -0.2) is 40.4 Å². The number of aromatic nitrogens is 2. The first-order chi connectivity index (χ1) is 10.9. The van der Waals surface area contributed by atoms with E-state index in [0.29, 0.717) is 23.7 Å². The molecule has 7 nitrogen and oxygen atoms in total. The third-order valence-corrected chi connectivity index (χ3v) is 3.61. The number of benzene rings is 1. The number of amides is 1. The van der Waals surface area contributed by atoms with Crippen molar-refractivity contribution >= 4 is 23.5 Å². The summed E-state index contributed by atoms with van der Waals surface area (Å²) in [6.45, 7) is 0.341. The van der Waals surface area contributed by atoms with Crippen LogP contribution in [0.2, 0.25) is 5.02 Å². The summed E-state index contributed by atoms with van der Waals surface area (Å²) in [7, 11) is 3.05. The fourth-order valence-electron chi connectivity index (χ4n) is 2.13. The zero-order valence-corrected chi connectivity index (χ0v) is 13.4. The highest BCUT2D eigenvalue weighted by atomic mass is 35.5. The average molecular weight is 338 g/mol. The molecular formula is C15H16ClN3O4. The number of rotatable bonds is 6. The molecule has 0 radical (unpaired) electrons. The molecule has 0 atom stereocenters. The molecule has 0 saturated carbocycles. The first-order valence-electron chi connectivity index (χ1n) is 6.80. The summed E-state index contributed by atoms with van der Waals surface area (Å²) in [5.74, 6) is -1.11. The number of carboxylic acid groups (broad SMARTS) is 1. The maximum atomic E-state index is 12.1. The lowest BCUT2D eigenvalue weighted by Crippen LogP contribution is -2.29. The Morgan fingerprint density at radius 3 is 2.83 bits per heavy atom. The molecule has 2 aromatic rings. The number of hydrogen-bond donors (Lipinski definition) is 2. The Morgan fingerprint density at radius 1 is 1.43 bits per heavy atom. The topological polar surface area (TPSA) is 93.4 Å². The molecule has 8 heteroatoms. The van der Waals surface area contributed by atoms with Crippen molar-refractivity contribution in [1.29, 1.82) is 0 Å². The van der Waals surface area contributed by atoms with E-state index in [2.05, 4.69) is 10.4 Å². The fraction of sp³-hybridized carbons (Fsp3) is 0.267. The monoisotopic (exact) mass is 337 g/mol. The van der Waals surface area contributed by atoms with Crippen LogP contribution in [0.25, 0.3) is 0 Å². The van der Waals surface area contributed by atoms with Crippen LogP contribution < -0.4 is 10.1 Å². The number of hydrogen-bond acceptors (Lipinski definition) is 4. The zero-order valence-electron chi connectivity index (χ0n) is 12.7. The van der Waals surface area contributed by atoms with Gasteiger partial charge < -0.3 is 15.2 Å². The Balaban J connectivity index is 2.00. The second-order valence-corrected chi connectivity index (χ2v) is 5.22. The highest BCUT2D eigenvalue weighted by Gasteiger charge is 2.21. The van der Waals surface area contributed by atoms with E-state index < -0.39 is 11.9 Å². The maximum absolute atomic E-state index is 12.1. The van der Waals surface area contributed by atoms with Gasteiger partial charge >= 0.3 is 5.97 Å². The molecule has 0 aliphatic carbocycles. The second-order valence-electron chi connectivity index (χ2n) is 4.81. The quantitative estimate of drug-likeness (QED) is 0.837. The third-order valence-electron chi connectivity index (χ3n) is 3.30. The molecule has 1 aromatic carbocycles. The standard InChI is InChI=1S/C15H16ClN3O4/c1-19-13(10(8-18-19)15(21)22)14(20)17-6-5-9-3-4-11(16)12(7-9)23-2/h3-4,7-8H,5-6H2,1-2H3,(H,17,20)(H,21,22). The Hall–Kier alpha value is -2.54. The number of aryl methyl sites for hydroxylation is 1. The normalized spacial score (nSPS) is 10.4. The minimum atomic E-state index is -1.19. The predicted molar refractivity (Wildman–Crippen MR) is 84.2 cm³/mol. The van der Waals surface area contributed by atoms with Crippen molar-refractivity contribution in [1.82, 2.24) is 15.1 Å². The Kier molecular flexibility index (Phi) is 5.23. The number of carboxylic acids is 1. The van der Waals surface area contributed by atoms with Crippen molar-refractivity contribution in [2.75, 3.05) is 13.7 Å². The molecule has 1 aromatic heterocycles. The highest BCUT2D eigenvalue weighted by molar-refractivity contribution is 6.32. The molecule has 0 bridgehead atoms. The molecule has 2 N–H and O–H groups in total. The molecular weight excluding hydrogens is 322 g/mol. The van der Waals surface area contributed by atoms with E-state index in [1.54, 1.807) is 12.1 Å². The van der Waals surface area contributed by atoms with E-state index >= 15 is 0 Å². The molecule has 0 fully saturated rings. The molecule has 1 amide bonds. The summed E-state index contributed by atoms with van der Waals surface area (Å²) >= 11 is 5.95. The molecule has 23 heavy (non-hydrogen) atoms. The summed E-state index contributed by atoms with van der Waals surface area (Å²) in [6, 6.07) is 5.35. The van der Waals surface area contributed by atoms with Crippen molar-refractivity contribution in [2.45, 2.75) is 6.42 Å². The van der Waals surface area contributed by atoms with Gasteiger partial charge in [-0.1, -0.05) is 17.7 Å². The fourth-order valence-corrected chi connectivity index (χ4v) is 2.32. The lowest BCUT2D eigenvalue weighted by Gasteiger charge is -2.08. The predicted octanol–water partition coefficient (Wildman–Crippen LogP) is 1.75. The minimum absolute atomic E-state index is 0.0196. The molecule has 0 unspecified atom stereocenters. The number of carbonyl (C=O) groups is 2. The van der Waals surface area contributed by atoms with Gasteiger partial charge in [0.1, 0.15) is 17.0 Å². The number of halogens is 1. The number of methoxy groups -OCH3 is 1. The van der Waals surface area contributed by atoms with Crippen LogP contribution in [0.4, 0.5) is 0 Å². The summed E-state index contributed by atoms with van der Waals surface area (Å²) in [6.07, 6.45) is 1.71. The molecule has 0 aliphatic rings. The van der Waals surface area contributed by atoms with Gasteiger partial charge in [-0.15, -0.1) is 0 Å². The molecule has 0 spiro atoms. The van der Waals surface area contributed by atoms with Crippen LogP contribution in [0.1, 0.15) is 26.4 Å². The Bertz CT molecular complexity index is 742. The summed E-state index contributed by atoms with van der Waals surface area (Å²) in [5, 5.41) is 16.1. The zero-order chi connectivity index (χ0) is 17.0. The minimum Gasteiger partial charge on any atom is -0.495 e. The van der Waals surface area contributed by atoms with Crippen molar-refractivity contribution in [3.05, 3.63) is 46.2 Å². The second kappa shape index (κ2) is 7.15. The van der Waals surface area contributed by atoms with Gasteiger partial charge in [-0.3, -0.25) is 9.48 Å². The van der Waals surface area contributed by atoms with Crippen LogP contribution in [0.15, 0.2) is 24.4 Å². The van der Waals surface area contributed by atoms with Crippen molar-refractivity contribution in [2.24, 2.45) is 7.05 Å². The SMILES string of the molecule is COc1cc(CCNC(=O)c2c(C(=O)O)cnn2C)ccc1Cl. The molecule has 2 rings (SSSR count). The van der Waals surface area contributed by atoms with Crippen LogP contribution in [0, 0.1) is 0 Å². The van der Waals surface area contributed by atoms with Crippen LogP contribution in [0.5, 0.6) is 5.75 Å². The van der Waals surface area contributed by atoms with Gasteiger partial charge in [0.25, 0.3) is 5.91 Å². The smallest absolute Gasteiger partial charge is 0.339 e. The number of nitrogens with zero attached hydrogens (tertiary/aromatic N) is 2. The number of aromatic carboxylic acids is 1. The van der Waals surface area contributed by atoms with Gasteiger partial charge in [0.15, 0.2) is 0 Å². The third kappa shape index (κ3) is 3.81. The summed E-state index contributed by atoms with van der Waals surface area (Å²) < 4.78 is 6.37. The molecule has 0 saturated heterocycles. The number of ether oxygens (including phenoxy) is 1. The Morgan fingerprint density at radius 2 is 2.17 bits per heavy atom. The molecule has 1 heterocycles. The van der Waals surface area contributed by atoms with Gasteiger partial charge in [-0.05, 0) is 24.1 Å². The first kappa shape index (κ1) is 16.8.